The predicted octanol–water partition coefficient (Wildman–Crippen LogP) is 3.69. The van der Waals surface area contributed by atoms with Crippen molar-refractivity contribution in [2.75, 3.05) is 0 Å². The van der Waals surface area contributed by atoms with E-state index in [-0.39, 0.29) is 0 Å². The minimum Gasteiger partial charge on any atom is -0.306 e. The number of thiazole rings is 1. The molecule has 108 valence electrons. The van der Waals surface area contributed by atoms with Crippen LogP contribution < -0.4 is 5.32 Å². The number of nitrogens with one attached hydrogen (secondary N) is 1. The maximum absolute atomic E-state index is 4.38. The Bertz CT molecular complexity index is 760. The van der Waals surface area contributed by atoms with Crippen LogP contribution in [0.1, 0.15) is 37.9 Å². The minimum atomic E-state index is 0.397. The van der Waals surface area contributed by atoms with Gasteiger partial charge in [-0.2, -0.15) is 0 Å². The second-order valence-electron chi connectivity index (χ2n) is 5.74. The van der Waals surface area contributed by atoms with Crippen LogP contribution in [0.25, 0.3) is 15.9 Å². The first-order valence-corrected chi connectivity index (χ1v) is 8.31. The number of benzene rings is 1. The highest BCUT2D eigenvalue weighted by Crippen LogP contribution is 2.28. The maximum atomic E-state index is 4.38. The lowest BCUT2D eigenvalue weighted by atomic mass is 9.97. The summed E-state index contributed by atoms with van der Waals surface area (Å²) in [6, 6.07) is 7.38. The number of fused-ring (bicyclic) bond motifs is 1. The summed E-state index contributed by atoms with van der Waals surface area (Å²) in [7, 11) is 0. The molecule has 0 spiro atoms. The van der Waals surface area contributed by atoms with Gasteiger partial charge in [0.2, 0.25) is 0 Å². The molecule has 2 atom stereocenters. The Hall–Kier alpha value is -1.72. The van der Waals surface area contributed by atoms with Gasteiger partial charge in [0.15, 0.2) is 0 Å². The zero-order valence-electron chi connectivity index (χ0n) is 12.0. The van der Waals surface area contributed by atoms with Gasteiger partial charge in [-0.25, -0.2) is 9.97 Å². The highest BCUT2D eigenvalue weighted by atomic mass is 32.1. The molecule has 1 fully saturated rings. The fraction of sp³-hybridized carbons (Fsp3) is 0.375. The number of piperidine rings is 1. The molecule has 4 nitrogen and oxygen atoms in total. The van der Waals surface area contributed by atoms with Crippen LogP contribution in [0, 0.1) is 0 Å². The number of hydrogen-bond acceptors (Lipinski definition) is 4. The van der Waals surface area contributed by atoms with Gasteiger partial charge in [-0.1, -0.05) is 0 Å². The molecule has 1 saturated heterocycles. The molecular weight excluding hydrogens is 280 g/mol. The topological polar surface area (TPSA) is 42.7 Å². The Kier molecular flexibility index (Phi) is 3.24. The first-order chi connectivity index (χ1) is 10.3. The van der Waals surface area contributed by atoms with Crippen molar-refractivity contribution in [3.05, 3.63) is 41.9 Å². The summed E-state index contributed by atoms with van der Waals surface area (Å²) < 4.78 is 3.42. The van der Waals surface area contributed by atoms with Crippen molar-refractivity contribution in [2.24, 2.45) is 0 Å². The van der Waals surface area contributed by atoms with Crippen molar-refractivity contribution >= 4 is 21.6 Å². The van der Waals surface area contributed by atoms with Crippen molar-refractivity contribution < 1.29 is 0 Å². The molecule has 0 saturated carbocycles. The monoisotopic (exact) mass is 298 g/mol. The van der Waals surface area contributed by atoms with Crippen LogP contribution in [0.2, 0.25) is 0 Å². The Morgan fingerprint density at radius 2 is 2.29 bits per heavy atom. The average molecular weight is 298 g/mol. The normalized spacial score (nSPS) is 22.7. The minimum absolute atomic E-state index is 0.397. The molecule has 3 heterocycles. The number of hydrogen-bond donors (Lipinski definition) is 1. The summed E-state index contributed by atoms with van der Waals surface area (Å²) in [6.45, 7) is 2.26. The molecule has 0 aliphatic carbocycles. The van der Waals surface area contributed by atoms with Gasteiger partial charge in [-0.15, -0.1) is 11.3 Å². The van der Waals surface area contributed by atoms with E-state index in [0.717, 1.165) is 5.52 Å². The van der Waals surface area contributed by atoms with E-state index in [1.54, 1.807) is 11.3 Å². The van der Waals surface area contributed by atoms with Gasteiger partial charge in [0, 0.05) is 17.8 Å². The van der Waals surface area contributed by atoms with Crippen LogP contribution in [0.15, 0.2) is 36.2 Å². The summed E-state index contributed by atoms with van der Waals surface area (Å²) >= 11 is 1.68. The van der Waals surface area contributed by atoms with Gasteiger partial charge >= 0.3 is 0 Å². The van der Waals surface area contributed by atoms with Crippen molar-refractivity contribution in [1.29, 1.82) is 0 Å². The van der Waals surface area contributed by atoms with Gasteiger partial charge in [0.25, 0.3) is 0 Å². The predicted molar refractivity (Wildman–Crippen MR) is 85.9 cm³/mol. The van der Waals surface area contributed by atoms with E-state index in [9.17, 15) is 0 Å². The Morgan fingerprint density at radius 1 is 1.33 bits per heavy atom. The summed E-state index contributed by atoms with van der Waals surface area (Å²) in [5.74, 6) is 0. The molecule has 2 unspecified atom stereocenters. The Balaban J connectivity index is 1.73. The quantitative estimate of drug-likeness (QED) is 0.784. The summed E-state index contributed by atoms with van der Waals surface area (Å²) in [4.78, 5) is 8.72. The molecule has 1 aromatic carbocycles. The van der Waals surface area contributed by atoms with E-state index in [1.165, 1.54) is 35.3 Å². The van der Waals surface area contributed by atoms with Gasteiger partial charge in [0.05, 0.1) is 33.9 Å². The summed E-state index contributed by atoms with van der Waals surface area (Å²) in [5, 5.41) is 3.69. The number of rotatable bonds is 2. The van der Waals surface area contributed by atoms with Crippen LogP contribution in [0.5, 0.6) is 0 Å². The molecule has 5 heteroatoms. The third-order valence-corrected chi connectivity index (χ3v) is 5.02. The lowest BCUT2D eigenvalue weighted by Crippen LogP contribution is -2.35. The van der Waals surface area contributed by atoms with Crippen LogP contribution in [0.4, 0.5) is 0 Å². The van der Waals surface area contributed by atoms with Gasteiger partial charge in [-0.3, -0.25) is 0 Å². The molecule has 3 aromatic rings. The highest BCUT2D eigenvalue weighted by molar-refractivity contribution is 7.16. The van der Waals surface area contributed by atoms with Gasteiger partial charge in [0.1, 0.15) is 0 Å². The van der Waals surface area contributed by atoms with Gasteiger partial charge in [-0.05, 0) is 44.4 Å². The third-order valence-electron chi connectivity index (χ3n) is 4.23. The number of aromatic nitrogens is 3. The Labute approximate surface area is 127 Å². The lowest BCUT2D eigenvalue weighted by molar-refractivity contribution is 0.334. The zero-order chi connectivity index (χ0) is 14.2. The first-order valence-electron chi connectivity index (χ1n) is 7.43. The van der Waals surface area contributed by atoms with E-state index < -0.39 is 0 Å². The molecule has 21 heavy (non-hydrogen) atoms. The Morgan fingerprint density at radius 3 is 3.19 bits per heavy atom. The summed E-state index contributed by atoms with van der Waals surface area (Å²) in [5.41, 5.74) is 5.38. The summed E-state index contributed by atoms with van der Waals surface area (Å²) in [6.07, 6.45) is 7.62. The average Bonchev–Trinajstić information content (AvgIpc) is 3.15. The fourth-order valence-corrected chi connectivity index (χ4v) is 3.85. The highest BCUT2D eigenvalue weighted by Gasteiger charge is 2.22. The largest absolute Gasteiger partial charge is 0.306 e. The van der Waals surface area contributed by atoms with E-state index in [2.05, 4.69) is 45.0 Å². The second kappa shape index (κ2) is 5.24. The zero-order valence-corrected chi connectivity index (χ0v) is 12.8. The van der Waals surface area contributed by atoms with Crippen molar-refractivity contribution in [3.63, 3.8) is 0 Å². The van der Waals surface area contributed by atoms with E-state index in [1.807, 2.05) is 18.0 Å². The van der Waals surface area contributed by atoms with Crippen molar-refractivity contribution in [2.45, 2.75) is 38.3 Å². The van der Waals surface area contributed by atoms with Crippen LogP contribution >= 0.6 is 11.3 Å². The molecule has 0 radical (unpaired) electrons. The van der Waals surface area contributed by atoms with Crippen molar-refractivity contribution in [3.8, 4) is 5.69 Å². The number of imidazole rings is 1. The molecule has 0 amide bonds. The van der Waals surface area contributed by atoms with E-state index in [0.29, 0.717) is 12.1 Å². The smallest absolute Gasteiger partial charge is 0.0994 e. The lowest BCUT2D eigenvalue weighted by Gasteiger charge is -2.29. The SMILES string of the molecule is CC1CCCC(c2cncn2-c2ccc3ncsc3c2)N1. The first kappa shape index (κ1) is 13.0. The molecule has 1 aliphatic heterocycles. The van der Waals surface area contributed by atoms with Crippen LogP contribution in [0.3, 0.4) is 0 Å². The molecule has 1 aliphatic rings. The van der Waals surface area contributed by atoms with Crippen LogP contribution in [-0.2, 0) is 0 Å². The van der Waals surface area contributed by atoms with E-state index >= 15 is 0 Å². The van der Waals surface area contributed by atoms with Crippen molar-refractivity contribution in [1.82, 2.24) is 19.9 Å². The third kappa shape index (κ3) is 2.36. The van der Waals surface area contributed by atoms with E-state index in [4.69, 9.17) is 0 Å². The maximum Gasteiger partial charge on any atom is 0.0994 e. The fourth-order valence-electron chi connectivity index (χ4n) is 3.14. The molecule has 4 rings (SSSR count). The molecule has 1 N–H and O–H groups in total. The molecule has 0 bridgehead atoms. The molecular formula is C16H18N4S. The standard InChI is InChI=1S/C16H18N4S/c1-11-3-2-4-13(19-11)15-8-17-9-20(15)12-5-6-14-16(7-12)21-10-18-14/h5-11,13,19H,2-4H2,1H3. The molecule has 2 aromatic heterocycles. The van der Waals surface area contributed by atoms with Gasteiger partial charge < -0.3 is 9.88 Å². The second-order valence-corrected chi connectivity index (χ2v) is 6.63. The number of nitrogens with zero attached hydrogens (tertiary/aromatic N) is 3. The van der Waals surface area contributed by atoms with Crippen LogP contribution in [-0.4, -0.2) is 20.6 Å².